The van der Waals surface area contributed by atoms with Gasteiger partial charge in [0.15, 0.2) is 23.1 Å². The summed E-state index contributed by atoms with van der Waals surface area (Å²) in [5, 5.41) is 7.39. The Bertz CT molecular complexity index is 1390. The highest BCUT2D eigenvalue weighted by Crippen LogP contribution is 2.38. The number of nitrogens with zero attached hydrogens (tertiary/aromatic N) is 5. The first-order chi connectivity index (χ1) is 19.4. The zero-order chi connectivity index (χ0) is 28.1. The minimum atomic E-state index is -0.995. The van der Waals surface area contributed by atoms with E-state index in [0.717, 1.165) is 32.1 Å². The van der Waals surface area contributed by atoms with E-state index >= 15 is 0 Å². The Kier molecular flexibility index (Phi) is 8.44. The van der Waals surface area contributed by atoms with Crippen LogP contribution in [0.25, 0.3) is 0 Å². The van der Waals surface area contributed by atoms with Crippen LogP contribution in [0.5, 0.6) is 11.5 Å². The van der Waals surface area contributed by atoms with Gasteiger partial charge < -0.3 is 30.3 Å². The summed E-state index contributed by atoms with van der Waals surface area (Å²) < 4.78 is 42.2. The number of aliphatic imine (C=N–C) groups is 1. The van der Waals surface area contributed by atoms with Gasteiger partial charge >= 0.3 is 0 Å². The molecule has 12 heteroatoms. The van der Waals surface area contributed by atoms with Crippen molar-refractivity contribution in [2.75, 3.05) is 50.2 Å². The van der Waals surface area contributed by atoms with Crippen LogP contribution in [0.1, 0.15) is 31.2 Å². The molecular weight excluding hydrogens is 520 g/mol. The van der Waals surface area contributed by atoms with E-state index < -0.39 is 17.5 Å². The van der Waals surface area contributed by atoms with E-state index in [1.165, 1.54) is 47.2 Å². The van der Waals surface area contributed by atoms with Crippen molar-refractivity contribution in [3.63, 3.8) is 0 Å². The fraction of sp³-hybridized carbons (Fsp3) is 0.393. The predicted octanol–water partition coefficient (Wildman–Crippen LogP) is 3.88. The largest absolute Gasteiger partial charge is 0.493 e. The molecule has 0 radical (unpaired) electrons. The Morgan fingerprint density at radius 1 is 1.18 bits per heavy atom. The van der Waals surface area contributed by atoms with Gasteiger partial charge in [0.05, 0.1) is 44.2 Å². The Hall–Kier alpha value is -4.19. The molecule has 1 aromatic heterocycles. The molecule has 2 aliphatic heterocycles. The number of carbonyl (C=O) groups is 1. The van der Waals surface area contributed by atoms with Crippen LogP contribution < -0.4 is 25.4 Å². The number of carbonyl (C=O) groups excluding carboxylic acids is 1. The molecule has 10 nitrogen and oxygen atoms in total. The molecule has 0 unspecified atom stereocenters. The number of primary amides is 1. The molecule has 0 bridgehead atoms. The molecule has 3 aromatic rings. The first kappa shape index (κ1) is 27.4. The Balaban J connectivity index is 1.45. The molecule has 1 amide bonds. The average Bonchev–Trinajstić information content (AvgIpc) is 3.39. The Morgan fingerprint density at radius 3 is 2.77 bits per heavy atom. The van der Waals surface area contributed by atoms with Crippen molar-refractivity contribution in [3.8, 4) is 11.5 Å². The second-order valence-corrected chi connectivity index (χ2v) is 9.79. The number of ether oxygens (including phenoxy) is 2. The summed E-state index contributed by atoms with van der Waals surface area (Å²) in [6.07, 6.45) is 7.71. The molecule has 40 heavy (non-hydrogen) atoms. The number of fused-ring (bicyclic) bond motifs is 1. The third-order valence-electron chi connectivity index (χ3n) is 6.95. The lowest BCUT2D eigenvalue weighted by Crippen LogP contribution is -2.41. The molecule has 0 aliphatic carbocycles. The number of nitrogens with two attached hydrogens (primary N) is 1. The second-order valence-electron chi connectivity index (χ2n) is 9.79. The van der Waals surface area contributed by atoms with Crippen molar-refractivity contribution in [1.82, 2.24) is 14.7 Å². The first-order valence-electron chi connectivity index (χ1n) is 13.4. The molecule has 2 aliphatic rings. The monoisotopic (exact) mass is 553 g/mol. The standard InChI is InChI=1S/C28H33F2N7O3/c1-39-24-13-20-22(14-25(24)40-12-6-11-35-9-3-2-4-10-35)32-18-37(23-8-5-7-21(29)27(23)30)28(20)34-19-15-33-36(16-19)17-26(31)38/h5,7-8,13-16,32H,2-4,6,9-12,17-18H2,1H3,(H2,31,38). The van der Waals surface area contributed by atoms with Crippen molar-refractivity contribution >= 4 is 28.8 Å². The number of amidine groups is 1. The normalized spacial score (nSPS) is 16.5. The summed E-state index contributed by atoms with van der Waals surface area (Å²) >= 11 is 0. The van der Waals surface area contributed by atoms with Crippen LogP contribution in [0, 0.1) is 11.6 Å². The maximum Gasteiger partial charge on any atom is 0.239 e. The number of likely N-dealkylation sites (tertiary alicyclic amines) is 1. The Labute approximate surface area is 231 Å². The van der Waals surface area contributed by atoms with Crippen LogP contribution >= 0.6 is 0 Å². The van der Waals surface area contributed by atoms with Crippen LogP contribution in [0.3, 0.4) is 0 Å². The number of halogens is 2. The molecule has 2 aromatic carbocycles. The van der Waals surface area contributed by atoms with Crippen LogP contribution in [0.15, 0.2) is 47.7 Å². The van der Waals surface area contributed by atoms with Gasteiger partial charge in [-0.2, -0.15) is 5.10 Å². The molecular formula is C28H33F2N7O3. The van der Waals surface area contributed by atoms with Gasteiger partial charge in [0.25, 0.3) is 0 Å². The average molecular weight is 554 g/mol. The highest BCUT2D eigenvalue weighted by atomic mass is 19.2. The van der Waals surface area contributed by atoms with Crippen LogP contribution in [-0.4, -0.2) is 66.4 Å². The zero-order valence-electron chi connectivity index (χ0n) is 22.4. The number of amides is 1. The zero-order valence-corrected chi connectivity index (χ0v) is 22.4. The molecule has 212 valence electrons. The van der Waals surface area contributed by atoms with Gasteiger partial charge in [0, 0.05) is 18.2 Å². The summed E-state index contributed by atoms with van der Waals surface area (Å²) in [6, 6.07) is 7.58. The maximum atomic E-state index is 14.9. The number of aromatic nitrogens is 2. The summed E-state index contributed by atoms with van der Waals surface area (Å²) in [7, 11) is 1.55. The van der Waals surface area contributed by atoms with Gasteiger partial charge in [-0.3, -0.25) is 9.48 Å². The van der Waals surface area contributed by atoms with E-state index in [1.807, 2.05) is 6.07 Å². The molecule has 3 heterocycles. The molecule has 0 spiro atoms. The second kappa shape index (κ2) is 12.3. The number of rotatable bonds is 10. The summed E-state index contributed by atoms with van der Waals surface area (Å²) in [5.41, 5.74) is 6.99. The number of anilines is 2. The lowest BCUT2D eigenvalue weighted by Gasteiger charge is -2.33. The summed E-state index contributed by atoms with van der Waals surface area (Å²) in [6.45, 7) is 3.79. The van der Waals surface area contributed by atoms with Crippen molar-refractivity contribution in [3.05, 3.63) is 59.9 Å². The van der Waals surface area contributed by atoms with E-state index in [-0.39, 0.29) is 18.9 Å². The molecule has 0 saturated carbocycles. The van der Waals surface area contributed by atoms with Gasteiger partial charge in [-0.25, -0.2) is 13.8 Å². The summed E-state index contributed by atoms with van der Waals surface area (Å²) in [5.74, 6) is -1.12. The predicted molar refractivity (Wildman–Crippen MR) is 148 cm³/mol. The van der Waals surface area contributed by atoms with Crippen LogP contribution in [0.4, 0.5) is 25.8 Å². The molecule has 1 fully saturated rings. The molecule has 3 N–H and O–H groups in total. The van der Waals surface area contributed by atoms with E-state index in [4.69, 9.17) is 20.2 Å². The van der Waals surface area contributed by atoms with Crippen molar-refractivity contribution in [2.24, 2.45) is 10.7 Å². The van der Waals surface area contributed by atoms with E-state index in [2.05, 4.69) is 15.3 Å². The number of nitrogens with one attached hydrogen (secondary N) is 1. The topological polar surface area (TPSA) is 110 Å². The SMILES string of the molecule is COc1cc2c(cc1OCCCN1CCCCC1)NCN(c1cccc(F)c1F)C2=Nc1cnn(CC(N)=O)c1. The van der Waals surface area contributed by atoms with Crippen LogP contribution in [0.2, 0.25) is 0 Å². The van der Waals surface area contributed by atoms with Crippen molar-refractivity contribution < 1.29 is 23.0 Å². The summed E-state index contributed by atoms with van der Waals surface area (Å²) in [4.78, 5) is 20.0. The molecule has 1 saturated heterocycles. The minimum absolute atomic E-state index is 0.0124. The number of hydrogen-bond acceptors (Lipinski definition) is 7. The van der Waals surface area contributed by atoms with Gasteiger partial charge in [-0.1, -0.05) is 12.5 Å². The lowest BCUT2D eigenvalue weighted by atomic mass is 10.1. The third kappa shape index (κ3) is 6.17. The quantitative estimate of drug-likeness (QED) is 0.367. The fourth-order valence-corrected chi connectivity index (χ4v) is 5.00. The fourth-order valence-electron chi connectivity index (χ4n) is 5.00. The van der Waals surface area contributed by atoms with Gasteiger partial charge in [-0.05, 0) is 50.6 Å². The number of methoxy groups -OCH3 is 1. The molecule has 0 atom stereocenters. The van der Waals surface area contributed by atoms with Crippen molar-refractivity contribution in [2.45, 2.75) is 32.2 Å². The minimum Gasteiger partial charge on any atom is -0.493 e. The molecule has 5 rings (SSSR count). The van der Waals surface area contributed by atoms with Crippen molar-refractivity contribution in [1.29, 1.82) is 0 Å². The highest BCUT2D eigenvalue weighted by Gasteiger charge is 2.29. The number of hydrogen-bond donors (Lipinski definition) is 2. The van der Waals surface area contributed by atoms with E-state index in [0.29, 0.717) is 40.9 Å². The first-order valence-corrected chi connectivity index (χ1v) is 13.4. The van der Waals surface area contributed by atoms with E-state index in [9.17, 15) is 13.6 Å². The van der Waals surface area contributed by atoms with E-state index in [1.54, 1.807) is 19.4 Å². The van der Waals surface area contributed by atoms with Crippen LogP contribution in [-0.2, 0) is 11.3 Å². The van der Waals surface area contributed by atoms with Gasteiger partial charge in [0.1, 0.15) is 18.1 Å². The van der Waals surface area contributed by atoms with Gasteiger partial charge in [0.2, 0.25) is 5.91 Å². The lowest BCUT2D eigenvalue weighted by molar-refractivity contribution is -0.118. The highest BCUT2D eigenvalue weighted by molar-refractivity contribution is 6.16. The maximum absolute atomic E-state index is 14.9. The Morgan fingerprint density at radius 2 is 2.00 bits per heavy atom. The number of piperidine rings is 1. The smallest absolute Gasteiger partial charge is 0.239 e. The number of benzene rings is 2. The van der Waals surface area contributed by atoms with Gasteiger partial charge in [-0.15, -0.1) is 0 Å². The third-order valence-corrected chi connectivity index (χ3v) is 6.95.